The minimum absolute atomic E-state index is 0.175. The maximum atomic E-state index is 12.9. The van der Waals surface area contributed by atoms with Gasteiger partial charge in [-0.3, -0.25) is 0 Å². The lowest BCUT2D eigenvalue weighted by atomic mass is 10.1. The van der Waals surface area contributed by atoms with Gasteiger partial charge in [-0.05, 0) is 44.4 Å². The van der Waals surface area contributed by atoms with Crippen molar-refractivity contribution < 1.29 is 13.2 Å². The third-order valence-electron chi connectivity index (χ3n) is 6.14. The summed E-state index contributed by atoms with van der Waals surface area (Å²) in [4.78, 5) is 21.6. The molecule has 0 atom stereocenters. The molecule has 9 heteroatoms. The Bertz CT molecular complexity index is 1030. The molecule has 3 heterocycles. The average Bonchev–Trinajstić information content (AvgIpc) is 2.83. The number of sulfonamides is 1. The van der Waals surface area contributed by atoms with Crippen molar-refractivity contribution in [2.75, 3.05) is 44.2 Å². The molecule has 1 aromatic heterocycles. The minimum Gasteiger partial charge on any atom is -0.356 e. The van der Waals surface area contributed by atoms with Crippen LogP contribution in [-0.2, 0) is 16.6 Å². The Morgan fingerprint density at radius 2 is 1.66 bits per heavy atom. The molecule has 32 heavy (non-hydrogen) atoms. The Kier molecular flexibility index (Phi) is 6.95. The predicted molar refractivity (Wildman–Crippen MR) is 124 cm³/mol. The van der Waals surface area contributed by atoms with Gasteiger partial charge in [0.25, 0.3) is 0 Å². The highest BCUT2D eigenvalue weighted by Crippen LogP contribution is 2.22. The Hall–Kier alpha value is -2.65. The number of anilines is 1. The second kappa shape index (κ2) is 9.87. The van der Waals surface area contributed by atoms with E-state index in [1.54, 1.807) is 35.4 Å². The molecule has 1 N–H and O–H groups in total. The van der Waals surface area contributed by atoms with Crippen LogP contribution in [0.2, 0.25) is 0 Å². The molecule has 2 fully saturated rings. The van der Waals surface area contributed by atoms with E-state index >= 15 is 0 Å². The van der Waals surface area contributed by atoms with Gasteiger partial charge in [0.05, 0.1) is 4.90 Å². The number of aryl methyl sites for hydroxylation is 1. The van der Waals surface area contributed by atoms with E-state index in [1.165, 1.54) is 10.7 Å². The van der Waals surface area contributed by atoms with Gasteiger partial charge in [0.2, 0.25) is 10.0 Å². The molecule has 8 nitrogen and oxygen atoms in total. The molecule has 0 unspecified atom stereocenters. The summed E-state index contributed by atoms with van der Waals surface area (Å²) < 4.78 is 27.2. The van der Waals surface area contributed by atoms with Crippen LogP contribution in [0.4, 0.5) is 10.6 Å². The summed E-state index contributed by atoms with van der Waals surface area (Å²) in [5.74, 6) is 0.946. The lowest BCUT2D eigenvalue weighted by molar-refractivity contribution is 0.172. The van der Waals surface area contributed by atoms with Crippen LogP contribution in [0.25, 0.3) is 0 Å². The highest BCUT2D eigenvalue weighted by Gasteiger charge is 2.30. The zero-order valence-corrected chi connectivity index (χ0v) is 19.4. The van der Waals surface area contributed by atoms with E-state index in [0.717, 1.165) is 42.9 Å². The third-order valence-corrected chi connectivity index (χ3v) is 8.05. The van der Waals surface area contributed by atoms with Crippen LogP contribution in [0, 0.1) is 6.92 Å². The minimum atomic E-state index is -3.54. The number of benzene rings is 1. The molecule has 0 bridgehead atoms. The number of carbonyl (C=O) groups is 1. The predicted octanol–water partition coefficient (Wildman–Crippen LogP) is 2.60. The largest absolute Gasteiger partial charge is 0.356 e. The quantitative estimate of drug-likeness (QED) is 0.746. The number of nitrogens with zero attached hydrogens (tertiary/aromatic N) is 4. The van der Waals surface area contributed by atoms with Crippen LogP contribution in [0.15, 0.2) is 47.5 Å². The number of urea groups is 1. The van der Waals surface area contributed by atoms with E-state index < -0.39 is 10.0 Å². The number of carbonyl (C=O) groups excluding carboxylic acids is 1. The monoisotopic (exact) mass is 457 g/mol. The smallest absolute Gasteiger partial charge is 0.317 e. The van der Waals surface area contributed by atoms with E-state index in [-0.39, 0.29) is 19.1 Å². The number of nitrogens with one attached hydrogen (secondary N) is 1. The van der Waals surface area contributed by atoms with Crippen LogP contribution < -0.4 is 10.2 Å². The molecule has 2 aromatic rings. The summed E-state index contributed by atoms with van der Waals surface area (Å²) in [5, 5.41) is 2.99. The molecular formula is C23H31N5O3S. The molecule has 1 aromatic carbocycles. The van der Waals surface area contributed by atoms with Crippen molar-refractivity contribution in [2.24, 2.45) is 0 Å². The number of amides is 2. The molecule has 4 rings (SSSR count). The first-order valence-electron chi connectivity index (χ1n) is 11.2. The van der Waals surface area contributed by atoms with Crippen LogP contribution in [0.3, 0.4) is 0 Å². The van der Waals surface area contributed by atoms with E-state index in [9.17, 15) is 13.2 Å². The average molecular weight is 458 g/mol. The molecule has 2 amide bonds. The van der Waals surface area contributed by atoms with Crippen molar-refractivity contribution in [1.82, 2.24) is 19.5 Å². The first-order valence-corrected chi connectivity index (χ1v) is 12.7. The van der Waals surface area contributed by atoms with Crippen molar-refractivity contribution in [1.29, 1.82) is 0 Å². The van der Waals surface area contributed by atoms with Crippen LogP contribution in [0.5, 0.6) is 0 Å². The van der Waals surface area contributed by atoms with Gasteiger partial charge in [0.1, 0.15) is 5.82 Å². The summed E-state index contributed by atoms with van der Waals surface area (Å²) >= 11 is 0. The van der Waals surface area contributed by atoms with Crippen molar-refractivity contribution in [3.05, 3.63) is 53.7 Å². The lowest BCUT2D eigenvalue weighted by Gasteiger charge is -2.34. The van der Waals surface area contributed by atoms with Gasteiger partial charge in [-0.1, -0.05) is 23.8 Å². The number of rotatable bonds is 5. The fourth-order valence-corrected chi connectivity index (χ4v) is 5.65. The molecular weight excluding hydrogens is 426 g/mol. The Morgan fingerprint density at radius 1 is 0.969 bits per heavy atom. The zero-order valence-electron chi connectivity index (χ0n) is 18.5. The number of piperidine rings is 1. The molecule has 0 aliphatic carbocycles. The van der Waals surface area contributed by atoms with Crippen LogP contribution in [-0.4, -0.2) is 67.9 Å². The fourth-order valence-electron chi connectivity index (χ4n) is 4.23. The summed E-state index contributed by atoms with van der Waals surface area (Å²) in [5.41, 5.74) is 2.02. The lowest BCUT2D eigenvalue weighted by Crippen LogP contribution is -2.53. The summed E-state index contributed by atoms with van der Waals surface area (Å²) in [6, 6.07) is 10.6. The van der Waals surface area contributed by atoms with Crippen molar-refractivity contribution in [3.63, 3.8) is 0 Å². The van der Waals surface area contributed by atoms with Gasteiger partial charge in [0.15, 0.2) is 0 Å². The first kappa shape index (κ1) is 22.5. The number of hydrogen-bond donors (Lipinski definition) is 1. The van der Waals surface area contributed by atoms with Crippen molar-refractivity contribution in [2.45, 2.75) is 37.6 Å². The highest BCUT2D eigenvalue weighted by atomic mass is 32.2. The molecule has 0 saturated carbocycles. The Balaban J connectivity index is 1.32. The number of piperazine rings is 1. The molecule has 2 aliphatic heterocycles. The molecule has 2 saturated heterocycles. The first-order chi connectivity index (χ1) is 15.4. The highest BCUT2D eigenvalue weighted by molar-refractivity contribution is 7.89. The second-order valence-corrected chi connectivity index (χ2v) is 10.3. The Labute approximate surface area is 190 Å². The van der Waals surface area contributed by atoms with E-state index in [1.807, 2.05) is 19.1 Å². The van der Waals surface area contributed by atoms with Gasteiger partial charge in [0, 0.05) is 57.6 Å². The number of pyridine rings is 1. The molecule has 0 spiro atoms. The summed E-state index contributed by atoms with van der Waals surface area (Å²) in [7, 11) is -3.54. The second-order valence-electron chi connectivity index (χ2n) is 8.40. The topological polar surface area (TPSA) is 85.8 Å². The fraction of sp³-hybridized carbons (Fsp3) is 0.478. The Morgan fingerprint density at radius 3 is 2.34 bits per heavy atom. The van der Waals surface area contributed by atoms with Crippen LogP contribution in [0.1, 0.15) is 30.4 Å². The molecule has 172 valence electrons. The molecule has 0 radical (unpaired) electrons. The maximum Gasteiger partial charge on any atom is 0.317 e. The maximum absolute atomic E-state index is 12.9. The van der Waals surface area contributed by atoms with Gasteiger partial charge in [-0.15, -0.1) is 0 Å². The van der Waals surface area contributed by atoms with Crippen molar-refractivity contribution >= 4 is 21.9 Å². The standard InChI is InChI=1S/C23H31N5O3S/c1-19-7-9-21(10-8-19)32(30,31)28-16-14-27(15-17-28)23(29)25-18-20-6-5-11-24-22(20)26-12-3-2-4-13-26/h5-11H,2-4,12-18H2,1H3,(H,25,29). The van der Waals surface area contributed by atoms with Gasteiger partial charge in [-0.2, -0.15) is 4.31 Å². The third kappa shape index (κ3) is 5.05. The van der Waals surface area contributed by atoms with Gasteiger partial charge in [-0.25, -0.2) is 18.2 Å². The van der Waals surface area contributed by atoms with Crippen LogP contribution >= 0.6 is 0 Å². The SMILES string of the molecule is Cc1ccc(S(=O)(=O)N2CCN(C(=O)NCc3cccnc3N3CCCCC3)CC2)cc1. The van der Waals surface area contributed by atoms with E-state index in [0.29, 0.717) is 24.5 Å². The summed E-state index contributed by atoms with van der Waals surface area (Å²) in [6.07, 6.45) is 5.38. The van der Waals surface area contributed by atoms with Gasteiger partial charge < -0.3 is 15.1 Å². The van der Waals surface area contributed by atoms with E-state index in [4.69, 9.17) is 0 Å². The number of aromatic nitrogens is 1. The normalized spacial score (nSPS) is 17.9. The van der Waals surface area contributed by atoms with Crippen molar-refractivity contribution in [3.8, 4) is 0 Å². The zero-order chi connectivity index (χ0) is 22.6. The molecule has 2 aliphatic rings. The van der Waals surface area contributed by atoms with Gasteiger partial charge >= 0.3 is 6.03 Å². The summed E-state index contributed by atoms with van der Waals surface area (Å²) in [6.45, 7) is 5.62. The van der Waals surface area contributed by atoms with E-state index in [2.05, 4.69) is 15.2 Å². The number of hydrogen-bond acceptors (Lipinski definition) is 5.